The van der Waals surface area contributed by atoms with E-state index in [1.165, 1.54) is 18.2 Å². The number of carbonyl (C=O) groups is 2. The lowest BCUT2D eigenvalue weighted by Gasteiger charge is -2.22. The van der Waals surface area contributed by atoms with Crippen molar-refractivity contribution < 1.29 is 23.1 Å². The largest absolute Gasteiger partial charge is 0.478 e. The molecule has 2 aromatic carbocycles. The molecule has 2 rings (SSSR count). The maximum absolute atomic E-state index is 12.3. The Bertz CT molecular complexity index is 897. The predicted octanol–water partition coefficient (Wildman–Crippen LogP) is 2.55. The lowest BCUT2D eigenvalue weighted by molar-refractivity contribution is -0.114. The smallest absolute Gasteiger partial charge is 0.337 e. The van der Waals surface area contributed by atoms with E-state index >= 15 is 0 Å². The van der Waals surface area contributed by atoms with E-state index in [2.05, 4.69) is 21.2 Å². The zero-order valence-electron chi connectivity index (χ0n) is 13.1. The minimum absolute atomic E-state index is 0.0783. The molecule has 0 spiro atoms. The molecule has 0 radical (unpaired) electrons. The summed E-state index contributed by atoms with van der Waals surface area (Å²) in [6.07, 6.45) is 0.994. The van der Waals surface area contributed by atoms with Gasteiger partial charge in [-0.05, 0) is 36.4 Å². The van der Waals surface area contributed by atoms with Gasteiger partial charge in [-0.3, -0.25) is 9.10 Å². The summed E-state index contributed by atoms with van der Waals surface area (Å²) in [7, 11) is -3.70. The van der Waals surface area contributed by atoms with Crippen molar-refractivity contribution in [2.75, 3.05) is 22.4 Å². The van der Waals surface area contributed by atoms with Crippen molar-refractivity contribution in [3.05, 3.63) is 58.6 Å². The number of carbonyl (C=O) groups excluding carboxylic acids is 1. The van der Waals surface area contributed by atoms with Crippen LogP contribution in [0.3, 0.4) is 0 Å². The van der Waals surface area contributed by atoms with Crippen LogP contribution < -0.4 is 9.62 Å². The highest BCUT2D eigenvalue weighted by molar-refractivity contribution is 9.10. The van der Waals surface area contributed by atoms with Gasteiger partial charge in [0.15, 0.2) is 0 Å². The molecule has 0 aliphatic rings. The van der Waals surface area contributed by atoms with Gasteiger partial charge in [0.1, 0.15) is 6.54 Å². The van der Waals surface area contributed by atoms with Gasteiger partial charge in [0, 0.05) is 4.47 Å². The van der Waals surface area contributed by atoms with Crippen molar-refractivity contribution >= 4 is 49.2 Å². The van der Waals surface area contributed by atoms with Crippen LogP contribution in [0.4, 0.5) is 11.4 Å². The van der Waals surface area contributed by atoms with Gasteiger partial charge in [-0.25, -0.2) is 13.2 Å². The summed E-state index contributed by atoms with van der Waals surface area (Å²) in [4.78, 5) is 23.4. The maximum atomic E-state index is 12.3. The molecular formula is C16H15BrN2O5S. The second-order valence-corrected chi connectivity index (χ2v) is 7.97. The third-order valence-electron chi connectivity index (χ3n) is 3.23. The summed E-state index contributed by atoms with van der Waals surface area (Å²) < 4.78 is 25.8. The number of para-hydroxylation sites is 1. The number of nitrogens with zero attached hydrogens (tertiary/aromatic N) is 1. The van der Waals surface area contributed by atoms with E-state index in [0.29, 0.717) is 5.69 Å². The molecule has 0 aromatic heterocycles. The Balaban J connectivity index is 2.24. The lowest BCUT2D eigenvalue weighted by atomic mass is 10.2. The zero-order valence-corrected chi connectivity index (χ0v) is 15.5. The first-order valence-corrected chi connectivity index (χ1v) is 9.68. The quantitative estimate of drug-likeness (QED) is 0.738. The number of benzene rings is 2. The molecule has 0 atom stereocenters. The van der Waals surface area contributed by atoms with Crippen LogP contribution in [-0.2, 0) is 14.8 Å². The van der Waals surface area contributed by atoms with Gasteiger partial charge < -0.3 is 10.4 Å². The van der Waals surface area contributed by atoms with Crippen LogP contribution in [0.25, 0.3) is 0 Å². The summed E-state index contributed by atoms with van der Waals surface area (Å²) in [5.74, 6) is -1.84. The predicted molar refractivity (Wildman–Crippen MR) is 98.4 cm³/mol. The van der Waals surface area contributed by atoms with Crippen LogP contribution in [0.2, 0.25) is 0 Å². The van der Waals surface area contributed by atoms with E-state index in [1.807, 2.05) is 0 Å². The molecule has 0 saturated heterocycles. The highest BCUT2D eigenvalue weighted by Crippen LogP contribution is 2.21. The molecule has 1 amide bonds. The van der Waals surface area contributed by atoms with Crippen LogP contribution in [0.1, 0.15) is 10.4 Å². The third-order valence-corrected chi connectivity index (χ3v) is 4.90. The SMILES string of the molecule is CS(=O)(=O)N(CC(=O)Nc1ccccc1C(=O)O)c1ccc(Br)cc1. The molecule has 0 aliphatic heterocycles. The number of halogens is 1. The first kappa shape index (κ1) is 18.9. The van der Waals surface area contributed by atoms with Gasteiger partial charge >= 0.3 is 5.97 Å². The van der Waals surface area contributed by atoms with Gasteiger partial charge in [-0.15, -0.1) is 0 Å². The molecule has 2 aromatic rings. The van der Waals surface area contributed by atoms with Crippen LogP contribution >= 0.6 is 15.9 Å². The molecule has 9 heteroatoms. The molecule has 0 saturated carbocycles. The first-order chi connectivity index (χ1) is 11.7. The van der Waals surface area contributed by atoms with Crippen molar-refractivity contribution in [3.8, 4) is 0 Å². The molecule has 2 N–H and O–H groups in total. The normalized spacial score (nSPS) is 11.0. The number of aromatic carboxylic acids is 1. The minimum Gasteiger partial charge on any atom is -0.478 e. The maximum Gasteiger partial charge on any atom is 0.337 e. The number of rotatable bonds is 6. The number of amides is 1. The summed E-state index contributed by atoms with van der Waals surface area (Å²) in [6.45, 7) is -0.478. The van der Waals surface area contributed by atoms with Crippen molar-refractivity contribution in [3.63, 3.8) is 0 Å². The molecule has 0 fully saturated rings. The monoisotopic (exact) mass is 426 g/mol. The van der Waals surface area contributed by atoms with Gasteiger partial charge in [0.2, 0.25) is 15.9 Å². The summed E-state index contributed by atoms with van der Waals surface area (Å²) in [6, 6.07) is 12.3. The average molecular weight is 427 g/mol. The van der Waals surface area contributed by atoms with E-state index in [1.54, 1.807) is 30.3 Å². The highest BCUT2D eigenvalue weighted by atomic mass is 79.9. The van der Waals surface area contributed by atoms with Crippen molar-refractivity contribution in [2.24, 2.45) is 0 Å². The molecular weight excluding hydrogens is 412 g/mol. The van der Waals surface area contributed by atoms with E-state index in [0.717, 1.165) is 15.0 Å². The van der Waals surface area contributed by atoms with Crippen molar-refractivity contribution in [2.45, 2.75) is 0 Å². The zero-order chi connectivity index (χ0) is 18.6. The van der Waals surface area contributed by atoms with Gasteiger partial charge in [-0.1, -0.05) is 28.1 Å². The Kier molecular flexibility index (Phi) is 5.81. The molecule has 0 bridgehead atoms. The minimum atomic E-state index is -3.70. The number of anilines is 2. The molecule has 7 nitrogen and oxygen atoms in total. The van der Waals surface area contributed by atoms with Crippen LogP contribution in [-0.4, -0.2) is 38.2 Å². The van der Waals surface area contributed by atoms with E-state index < -0.39 is 28.4 Å². The topological polar surface area (TPSA) is 104 Å². The standard InChI is InChI=1S/C16H15BrN2O5S/c1-25(23,24)19(12-8-6-11(17)7-9-12)10-15(20)18-14-5-3-2-4-13(14)16(21)22/h2-9H,10H2,1H3,(H,18,20)(H,21,22). The Morgan fingerprint density at radius 2 is 1.72 bits per heavy atom. The van der Waals surface area contributed by atoms with Crippen LogP contribution in [0.15, 0.2) is 53.0 Å². The second kappa shape index (κ2) is 7.66. The molecule has 0 aliphatic carbocycles. The molecule has 25 heavy (non-hydrogen) atoms. The Morgan fingerprint density at radius 1 is 1.12 bits per heavy atom. The van der Waals surface area contributed by atoms with Gasteiger partial charge in [0.25, 0.3) is 0 Å². The number of sulfonamides is 1. The summed E-state index contributed by atoms with van der Waals surface area (Å²) >= 11 is 3.26. The fraction of sp³-hybridized carbons (Fsp3) is 0.125. The Labute approximate surface area is 153 Å². The molecule has 0 heterocycles. The summed E-state index contributed by atoms with van der Waals surface area (Å²) in [5, 5.41) is 11.6. The van der Waals surface area contributed by atoms with E-state index in [-0.39, 0.29) is 11.3 Å². The fourth-order valence-electron chi connectivity index (χ4n) is 2.11. The number of nitrogens with one attached hydrogen (secondary N) is 1. The van der Waals surface area contributed by atoms with Crippen molar-refractivity contribution in [1.29, 1.82) is 0 Å². The fourth-order valence-corrected chi connectivity index (χ4v) is 3.23. The third kappa shape index (κ3) is 5.04. The first-order valence-electron chi connectivity index (χ1n) is 7.04. The number of hydrogen-bond donors (Lipinski definition) is 2. The average Bonchev–Trinajstić information content (AvgIpc) is 2.53. The number of hydrogen-bond acceptors (Lipinski definition) is 4. The number of carboxylic acid groups (broad SMARTS) is 1. The van der Waals surface area contributed by atoms with Gasteiger partial charge in [-0.2, -0.15) is 0 Å². The molecule has 0 unspecified atom stereocenters. The second-order valence-electron chi connectivity index (χ2n) is 5.14. The lowest BCUT2D eigenvalue weighted by Crippen LogP contribution is -2.37. The van der Waals surface area contributed by atoms with E-state index in [4.69, 9.17) is 5.11 Å². The van der Waals surface area contributed by atoms with Crippen LogP contribution in [0, 0.1) is 0 Å². The number of carboxylic acids is 1. The highest BCUT2D eigenvalue weighted by Gasteiger charge is 2.21. The molecule has 132 valence electrons. The summed E-state index contributed by atoms with van der Waals surface area (Å²) in [5.41, 5.74) is 0.349. The Morgan fingerprint density at radius 3 is 2.28 bits per heavy atom. The van der Waals surface area contributed by atoms with E-state index in [9.17, 15) is 18.0 Å². The Hall–Kier alpha value is -2.39. The van der Waals surface area contributed by atoms with Crippen LogP contribution in [0.5, 0.6) is 0 Å². The van der Waals surface area contributed by atoms with Gasteiger partial charge in [0.05, 0.1) is 23.2 Å². The van der Waals surface area contributed by atoms with Crippen molar-refractivity contribution in [1.82, 2.24) is 0 Å².